The van der Waals surface area contributed by atoms with Crippen molar-refractivity contribution in [2.75, 3.05) is 13.1 Å². The number of rotatable bonds is 4. The van der Waals surface area contributed by atoms with Gasteiger partial charge in [-0.05, 0) is 47.2 Å². The van der Waals surface area contributed by atoms with Crippen LogP contribution in [-0.2, 0) is 6.54 Å². The third kappa shape index (κ3) is 3.23. The molecule has 8 nitrogen and oxygen atoms in total. The van der Waals surface area contributed by atoms with Gasteiger partial charge in [0.1, 0.15) is 17.8 Å². The second-order valence-corrected chi connectivity index (χ2v) is 6.63. The molecule has 1 amide bonds. The van der Waals surface area contributed by atoms with E-state index < -0.39 is 0 Å². The van der Waals surface area contributed by atoms with Gasteiger partial charge in [-0.2, -0.15) is 0 Å². The molecule has 0 saturated carbocycles. The zero-order valence-corrected chi connectivity index (χ0v) is 14.4. The maximum atomic E-state index is 12.8. The first-order valence-corrected chi connectivity index (χ1v) is 8.51. The van der Waals surface area contributed by atoms with Gasteiger partial charge in [-0.3, -0.25) is 4.79 Å². The van der Waals surface area contributed by atoms with Crippen LogP contribution in [-0.4, -0.2) is 50.1 Å². The molecule has 8 heteroatoms. The first-order valence-electron chi connectivity index (χ1n) is 8.51. The Labute approximate surface area is 150 Å². The van der Waals surface area contributed by atoms with Gasteiger partial charge in [-0.1, -0.05) is 12.1 Å². The Hall–Kier alpha value is -3.00. The van der Waals surface area contributed by atoms with Crippen molar-refractivity contribution >= 4 is 5.91 Å². The average Bonchev–Trinajstić information content (AvgIpc) is 3.37. The molecule has 26 heavy (non-hydrogen) atoms. The van der Waals surface area contributed by atoms with E-state index in [0.717, 1.165) is 17.1 Å². The highest BCUT2D eigenvalue weighted by atomic mass is 16.3. The largest absolute Gasteiger partial charge is 0.466 e. The van der Waals surface area contributed by atoms with Crippen LogP contribution in [0.1, 0.15) is 33.4 Å². The number of nitrogens with two attached hydrogens (primary N) is 1. The minimum absolute atomic E-state index is 0.0137. The summed E-state index contributed by atoms with van der Waals surface area (Å²) in [5.74, 6) is 1.73. The molecular weight excluding hydrogens is 332 g/mol. The third-order valence-electron chi connectivity index (χ3n) is 4.72. The quantitative estimate of drug-likeness (QED) is 0.756. The van der Waals surface area contributed by atoms with Crippen LogP contribution in [0.5, 0.6) is 0 Å². The highest BCUT2D eigenvalue weighted by molar-refractivity contribution is 5.94. The van der Waals surface area contributed by atoms with Gasteiger partial charge < -0.3 is 15.1 Å². The number of nitrogens with zero attached hydrogens (tertiary/aromatic N) is 5. The second kappa shape index (κ2) is 6.72. The maximum absolute atomic E-state index is 12.8. The molecular formula is C18H20N6O2. The van der Waals surface area contributed by atoms with Gasteiger partial charge in [0.25, 0.3) is 5.91 Å². The highest BCUT2D eigenvalue weighted by Crippen LogP contribution is 2.28. The summed E-state index contributed by atoms with van der Waals surface area (Å²) in [5.41, 5.74) is 7.92. The highest BCUT2D eigenvalue weighted by Gasteiger charge is 2.36. The predicted molar refractivity (Wildman–Crippen MR) is 93.4 cm³/mol. The molecule has 2 N–H and O–H groups in total. The van der Waals surface area contributed by atoms with Gasteiger partial charge in [0.15, 0.2) is 0 Å². The normalized spacial score (nSPS) is 19.8. The number of benzene rings is 1. The zero-order valence-electron chi connectivity index (χ0n) is 14.4. The molecule has 3 heterocycles. The molecule has 0 bridgehead atoms. The fourth-order valence-electron chi connectivity index (χ4n) is 3.32. The number of tetrazole rings is 1. The Balaban J connectivity index is 1.44. The summed E-state index contributed by atoms with van der Waals surface area (Å²) >= 11 is 0. The van der Waals surface area contributed by atoms with Crippen LogP contribution in [0.15, 0.2) is 47.1 Å². The fourth-order valence-corrected chi connectivity index (χ4v) is 3.32. The summed E-state index contributed by atoms with van der Waals surface area (Å²) in [4.78, 5) is 14.6. The molecule has 2 atom stereocenters. The van der Waals surface area contributed by atoms with E-state index in [1.54, 1.807) is 15.9 Å². The van der Waals surface area contributed by atoms with Crippen LogP contribution in [0.3, 0.4) is 0 Å². The second-order valence-electron chi connectivity index (χ2n) is 6.63. The van der Waals surface area contributed by atoms with Gasteiger partial charge in [-0.25, -0.2) is 4.68 Å². The number of aromatic nitrogens is 4. The van der Waals surface area contributed by atoms with E-state index in [9.17, 15) is 4.79 Å². The van der Waals surface area contributed by atoms with Gasteiger partial charge in [0.2, 0.25) is 0 Å². The Morgan fingerprint density at radius 1 is 1.23 bits per heavy atom. The maximum Gasteiger partial charge on any atom is 0.253 e. The molecule has 0 radical (unpaired) electrons. The number of amides is 1. The Morgan fingerprint density at radius 2 is 2.04 bits per heavy atom. The Morgan fingerprint density at radius 3 is 2.69 bits per heavy atom. The van der Waals surface area contributed by atoms with Crippen molar-refractivity contribution in [3.63, 3.8) is 0 Å². The van der Waals surface area contributed by atoms with Crippen LogP contribution < -0.4 is 5.73 Å². The Kier molecular flexibility index (Phi) is 4.26. The minimum atomic E-state index is -0.122. The van der Waals surface area contributed by atoms with E-state index in [1.807, 2.05) is 43.3 Å². The summed E-state index contributed by atoms with van der Waals surface area (Å²) in [6.07, 6.45) is 1.56. The van der Waals surface area contributed by atoms with E-state index in [1.165, 1.54) is 0 Å². The van der Waals surface area contributed by atoms with Gasteiger partial charge in [0, 0.05) is 24.7 Å². The fraction of sp³-hybridized carbons (Fsp3) is 0.333. The number of hydrogen-bond acceptors (Lipinski definition) is 6. The van der Waals surface area contributed by atoms with Crippen LogP contribution in [0, 0.1) is 6.92 Å². The molecule has 1 saturated heterocycles. The monoisotopic (exact) mass is 352 g/mol. The van der Waals surface area contributed by atoms with Gasteiger partial charge in [0.05, 0.1) is 12.5 Å². The average molecular weight is 352 g/mol. The lowest BCUT2D eigenvalue weighted by Crippen LogP contribution is -2.32. The van der Waals surface area contributed by atoms with E-state index in [2.05, 4.69) is 15.5 Å². The lowest BCUT2D eigenvalue weighted by Gasteiger charge is -2.16. The molecule has 1 aliphatic heterocycles. The van der Waals surface area contributed by atoms with Crippen molar-refractivity contribution in [3.05, 3.63) is 65.4 Å². The van der Waals surface area contributed by atoms with E-state index >= 15 is 0 Å². The number of aryl methyl sites for hydroxylation is 1. The predicted octanol–water partition coefficient (Wildman–Crippen LogP) is 1.19. The van der Waals surface area contributed by atoms with E-state index in [0.29, 0.717) is 25.2 Å². The van der Waals surface area contributed by atoms with Crippen molar-refractivity contribution in [1.82, 2.24) is 25.1 Å². The van der Waals surface area contributed by atoms with Crippen molar-refractivity contribution in [1.29, 1.82) is 0 Å². The molecule has 0 spiro atoms. The molecule has 1 aliphatic rings. The van der Waals surface area contributed by atoms with E-state index in [4.69, 9.17) is 10.2 Å². The number of likely N-dealkylation sites (tertiary alicyclic amines) is 1. The number of furan rings is 1. The summed E-state index contributed by atoms with van der Waals surface area (Å²) < 4.78 is 7.33. The van der Waals surface area contributed by atoms with Crippen molar-refractivity contribution in [3.8, 4) is 0 Å². The van der Waals surface area contributed by atoms with Crippen LogP contribution in [0.2, 0.25) is 0 Å². The zero-order chi connectivity index (χ0) is 18.1. The summed E-state index contributed by atoms with van der Waals surface area (Å²) in [6.45, 7) is 3.56. The van der Waals surface area contributed by atoms with Crippen molar-refractivity contribution in [2.24, 2.45) is 5.73 Å². The van der Waals surface area contributed by atoms with Crippen LogP contribution >= 0.6 is 0 Å². The molecule has 0 unspecified atom stereocenters. The molecule has 1 fully saturated rings. The topological polar surface area (TPSA) is 103 Å². The summed E-state index contributed by atoms with van der Waals surface area (Å²) in [5, 5.41) is 11.1. The lowest BCUT2D eigenvalue weighted by molar-refractivity contribution is 0.0788. The number of hydrogen-bond donors (Lipinski definition) is 1. The van der Waals surface area contributed by atoms with Gasteiger partial charge >= 0.3 is 0 Å². The van der Waals surface area contributed by atoms with Crippen molar-refractivity contribution in [2.45, 2.75) is 25.4 Å². The smallest absolute Gasteiger partial charge is 0.253 e. The lowest BCUT2D eigenvalue weighted by atomic mass is 10.0. The van der Waals surface area contributed by atoms with Crippen LogP contribution in [0.4, 0.5) is 0 Å². The molecule has 3 aromatic rings. The summed E-state index contributed by atoms with van der Waals surface area (Å²) in [6, 6.07) is 11.2. The number of carbonyl (C=O) groups excluding carboxylic acids is 1. The van der Waals surface area contributed by atoms with Crippen molar-refractivity contribution < 1.29 is 9.21 Å². The minimum Gasteiger partial charge on any atom is -0.466 e. The molecule has 4 rings (SSSR count). The first kappa shape index (κ1) is 16.5. The van der Waals surface area contributed by atoms with Crippen LogP contribution in [0.25, 0.3) is 0 Å². The molecule has 1 aromatic carbocycles. The third-order valence-corrected chi connectivity index (χ3v) is 4.72. The van der Waals surface area contributed by atoms with E-state index in [-0.39, 0.29) is 17.9 Å². The SMILES string of the molecule is Cc1ccc([C@@H]2CN(C(=O)c3ccc(Cn4cnnn4)cc3)C[C@H]2N)o1. The molecule has 134 valence electrons. The Bertz CT molecular complexity index is 887. The molecule has 2 aromatic heterocycles. The first-order chi connectivity index (χ1) is 12.6. The van der Waals surface area contributed by atoms with Gasteiger partial charge in [-0.15, -0.1) is 5.10 Å². The summed E-state index contributed by atoms with van der Waals surface area (Å²) in [7, 11) is 0. The standard InChI is InChI=1S/C18H20N6O2/c1-12-2-7-17(26-12)15-9-23(10-16(15)19)18(25)14-5-3-13(4-6-14)8-24-11-20-21-22-24/h2-7,11,15-16H,8-10,19H2,1H3/t15-,16-/m1/s1. The molecule has 0 aliphatic carbocycles. The number of carbonyl (C=O) groups is 1.